The minimum absolute atomic E-state index is 0.0497. The van der Waals surface area contributed by atoms with Gasteiger partial charge in [-0.3, -0.25) is 4.79 Å². The molecule has 0 saturated carbocycles. The molecule has 148 valence electrons. The van der Waals surface area contributed by atoms with Crippen molar-refractivity contribution < 1.29 is 14.3 Å². The van der Waals surface area contributed by atoms with Gasteiger partial charge in [0, 0.05) is 24.9 Å². The van der Waals surface area contributed by atoms with E-state index in [4.69, 9.17) is 4.42 Å². The van der Waals surface area contributed by atoms with Crippen molar-refractivity contribution in [1.29, 1.82) is 0 Å². The number of hydrogen-bond acceptors (Lipinski definition) is 6. The predicted octanol–water partition coefficient (Wildman–Crippen LogP) is 2.65. The first-order chi connectivity index (χ1) is 14.0. The largest absolute Gasteiger partial charge is 0.431 e. The van der Waals surface area contributed by atoms with Crippen molar-refractivity contribution in [2.24, 2.45) is 0 Å². The normalized spacial score (nSPS) is 17.5. The van der Waals surface area contributed by atoms with Gasteiger partial charge in [-0.1, -0.05) is 6.07 Å². The van der Waals surface area contributed by atoms with Crippen molar-refractivity contribution in [3.05, 3.63) is 70.1 Å². The number of pyridine rings is 1. The number of fused-ring (bicyclic) bond motifs is 2. The number of hydrogen-bond donors (Lipinski definition) is 2. The first-order valence-corrected chi connectivity index (χ1v) is 9.94. The molecule has 4 aromatic heterocycles. The van der Waals surface area contributed by atoms with E-state index in [0.717, 1.165) is 16.9 Å². The molecule has 0 bridgehead atoms. The molecular weight excluding hydrogens is 440 g/mol. The quantitative estimate of drug-likeness (QED) is 0.489. The third-order valence-corrected chi connectivity index (χ3v) is 5.55. The smallest absolute Gasteiger partial charge is 0.293 e. The fourth-order valence-electron chi connectivity index (χ4n) is 3.64. The third-order valence-electron chi connectivity index (χ3n) is 5.01. The molecule has 0 radical (unpaired) electrons. The Kier molecular flexibility index (Phi) is 4.25. The van der Waals surface area contributed by atoms with E-state index in [2.05, 4.69) is 36.0 Å². The van der Waals surface area contributed by atoms with E-state index in [1.54, 1.807) is 15.7 Å². The highest BCUT2D eigenvalue weighted by atomic mass is 79.9. The summed E-state index contributed by atoms with van der Waals surface area (Å²) in [6, 6.07) is 7.28. The average molecular weight is 457 g/mol. The van der Waals surface area contributed by atoms with Gasteiger partial charge in [-0.25, -0.2) is 14.5 Å². The van der Waals surface area contributed by atoms with Crippen LogP contribution in [0, 0.1) is 0 Å². The number of carbonyl (C=O) groups is 1. The van der Waals surface area contributed by atoms with Crippen LogP contribution in [-0.2, 0) is 6.42 Å². The Morgan fingerprint density at radius 2 is 2.31 bits per heavy atom. The second kappa shape index (κ2) is 6.82. The molecule has 5 heterocycles. The Bertz CT molecular complexity index is 1180. The van der Waals surface area contributed by atoms with Gasteiger partial charge in [0.05, 0.1) is 23.2 Å². The van der Waals surface area contributed by atoms with E-state index in [0.29, 0.717) is 18.7 Å². The molecule has 29 heavy (non-hydrogen) atoms. The molecule has 1 aliphatic rings. The third kappa shape index (κ3) is 2.95. The zero-order chi connectivity index (χ0) is 20.1. The van der Waals surface area contributed by atoms with E-state index in [1.807, 2.05) is 30.5 Å². The first kappa shape index (κ1) is 18.1. The molecule has 1 aliphatic heterocycles. The van der Waals surface area contributed by atoms with Crippen LogP contribution in [0.15, 0.2) is 45.8 Å². The summed E-state index contributed by atoms with van der Waals surface area (Å²) in [4.78, 5) is 26.8. The fraction of sp³-hybridized carbons (Fsp3) is 0.263. The first-order valence-electron chi connectivity index (χ1n) is 9.14. The molecular formula is C19H17BrN6O3. The number of aromatic nitrogens is 5. The molecule has 0 aliphatic carbocycles. The van der Waals surface area contributed by atoms with Crippen LogP contribution < -0.4 is 0 Å². The van der Waals surface area contributed by atoms with Gasteiger partial charge in [0.1, 0.15) is 12.1 Å². The van der Waals surface area contributed by atoms with Crippen LogP contribution in [-0.4, -0.2) is 47.0 Å². The maximum Gasteiger partial charge on any atom is 0.293 e. The summed E-state index contributed by atoms with van der Waals surface area (Å²) < 4.78 is 7.59. The zero-order valence-corrected chi connectivity index (χ0v) is 17.0. The van der Waals surface area contributed by atoms with Crippen LogP contribution in [0.5, 0.6) is 0 Å². The number of carbonyl (C=O) groups excluding carboxylic acids is 1. The number of aliphatic hydroxyl groups excluding tert-OH is 1. The van der Waals surface area contributed by atoms with Crippen LogP contribution >= 0.6 is 15.9 Å². The monoisotopic (exact) mass is 456 g/mol. The van der Waals surface area contributed by atoms with Gasteiger partial charge in [0.15, 0.2) is 4.60 Å². The Hall–Kier alpha value is -2.98. The fourth-order valence-corrected chi connectivity index (χ4v) is 4.07. The van der Waals surface area contributed by atoms with Crippen molar-refractivity contribution in [3.63, 3.8) is 0 Å². The lowest BCUT2D eigenvalue weighted by Crippen LogP contribution is -2.41. The minimum Gasteiger partial charge on any atom is -0.431 e. The summed E-state index contributed by atoms with van der Waals surface area (Å²) in [5, 5.41) is 14.4. The van der Waals surface area contributed by atoms with Crippen LogP contribution in [0.1, 0.15) is 52.6 Å². The van der Waals surface area contributed by atoms with Gasteiger partial charge in [-0.05, 0) is 41.1 Å². The van der Waals surface area contributed by atoms with Gasteiger partial charge in [0.2, 0.25) is 11.7 Å². The summed E-state index contributed by atoms with van der Waals surface area (Å²) in [6.45, 7) is 1.99. The van der Waals surface area contributed by atoms with E-state index in [9.17, 15) is 9.90 Å². The van der Waals surface area contributed by atoms with Crippen molar-refractivity contribution in [3.8, 4) is 0 Å². The molecule has 0 spiro atoms. The number of halogens is 1. The molecule has 1 amide bonds. The maximum absolute atomic E-state index is 13.4. The van der Waals surface area contributed by atoms with Crippen molar-refractivity contribution >= 4 is 27.4 Å². The van der Waals surface area contributed by atoms with E-state index in [-0.39, 0.29) is 22.2 Å². The Morgan fingerprint density at radius 3 is 3.07 bits per heavy atom. The molecule has 9 nitrogen and oxygen atoms in total. The summed E-state index contributed by atoms with van der Waals surface area (Å²) in [5.74, 6) is -0.206. The van der Waals surface area contributed by atoms with Crippen LogP contribution in [0.2, 0.25) is 0 Å². The number of aromatic amines is 1. The highest BCUT2D eigenvalue weighted by Crippen LogP contribution is 2.35. The molecule has 0 saturated heterocycles. The standard InChI is InChI=1S/C19H17BrN6O3/c1-10(27)18-23-17(20)16(29-18)19(28)25-7-5-12-14(22-9-21-12)15(25)13-8-11-4-2-3-6-26(11)24-13/h2-4,6,8-10,15,27H,5,7H2,1H3,(H,21,22)/t10-,15+/m0/s1. The molecule has 0 fully saturated rings. The number of aliphatic hydroxyl groups is 1. The second-order valence-corrected chi connectivity index (χ2v) is 7.66. The highest BCUT2D eigenvalue weighted by molar-refractivity contribution is 9.10. The van der Waals surface area contributed by atoms with Crippen molar-refractivity contribution in [1.82, 2.24) is 29.5 Å². The van der Waals surface area contributed by atoms with E-state index < -0.39 is 12.1 Å². The molecule has 2 N–H and O–H groups in total. The zero-order valence-electron chi connectivity index (χ0n) is 15.4. The molecule has 0 aromatic carbocycles. The van der Waals surface area contributed by atoms with Crippen LogP contribution in [0.3, 0.4) is 0 Å². The molecule has 2 atom stereocenters. The molecule has 10 heteroatoms. The number of H-pyrrole nitrogens is 1. The lowest BCUT2D eigenvalue weighted by molar-refractivity contribution is 0.0644. The number of amides is 1. The van der Waals surface area contributed by atoms with E-state index >= 15 is 0 Å². The summed E-state index contributed by atoms with van der Waals surface area (Å²) in [6.07, 6.45) is 3.22. The highest BCUT2D eigenvalue weighted by Gasteiger charge is 2.38. The van der Waals surface area contributed by atoms with Crippen molar-refractivity contribution in [2.45, 2.75) is 25.5 Å². The summed E-state index contributed by atoms with van der Waals surface area (Å²) in [5.41, 5.74) is 3.38. The minimum atomic E-state index is -0.915. The predicted molar refractivity (Wildman–Crippen MR) is 105 cm³/mol. The van der Waals surface area contributed by atoms with Crippen LogP contribution in [0.25, 0.3) is 5.52 Å². The Balaban J connectivity index is 1.60. The average Bonchev–Trinajstić information content (AvgIpc) is 3.43. The van der Waals surface area contributed by atoms with Crippen molar-refractivity contribution in [2.75, 3.05) is 6.54 Å². The lowest BCUT2D eigenvalue weighted by Gasteiger charge is -2.33. The maximum atomic E-state index is 13.4. The number of oxazole rings is 1. The van der Waals surface area contributed by atoms with Gasteiger partial charge in [-0.2, -0.15) is 5.10 Å². The molecule has 5 rings (SSSR count). The van der Waals surface area contributed by atoms with Gasteiger partial charge >= 0.3 is 0 Å². The van der Waals surface area contributed by atoms with Gasteiger partial charge in [0.25, 0.3) is 5.91 Å². The van der Waals surface area contributed by atoms with Gasteiger partial charge in [-0.15, -0.1) is 0 Å². The number of rotatable bonds is 3. The summed E-state index contributed by atoms with van der Waals surface area (Å²) >= 11 is 3.28. The number of nitrogens with zero attached hydrogens (tertiary/aromatic N) is 5. The lowest BCUT2D eigenvalue weighted by atomic mass is 9.99. The number of nitrogens with one attached hydrogen (secondary N) is 1. The SMILES string of the molecule is C[C@H](O)c1nc(Br)c(C(=O)N2CCc3[nH]cnc3[C@H]2c2cc3ccccn3n2)o1. The number of imidazole rings is 1. The van der Waals surface area contributed by atoms with Gasteiger partial charge < -0.3 is 19.4 Å². The topological polar surface area (TPSA) is 113 Å². The molecule has 4 aromatic rings. The summed E-state index contributed by atoms with van der Waals surface area (Å²) in [7, 11) is 0. The Morgan fingerprint density at radius 1 is 1.45 bits per heavy atom. The second-order valence-electron chi connectivity index (χ2n) is 6.90. The Labute approximate surface area is 173 Å². The van der Waals surface area contributed by atoms with Crippen LogP contribution in [0.4, 0.5) is 0 Å². The molecule has 0 unspecified atom stereocenters. The van der Waals surface area contributed by atoms with E-state index in [1.165, 1.54) is 6.92 Å².